The fourth-order valence-corrected chi connectivity index (χ4v) is 1.20. The molecule has 1 aromatic heterocycles. The van der Waals surface area contributed by atoms with Gasteiger partial charge in [0.15, 0.2) is 0 Å². The van der Waals surface area contributed by atoms with Gasteiger partial charge in [0.25, 0.3) is 0 Å². The van der Waals surface area contributed by atoms with Gasteiger partial charge in [0, 0.05) is 25.6 Å². The molecule has 0 saturated heterocycles. The topological polar surface area (TPSA) is 35.0 Å². The third kappa shape index (κ3) is 3.83. The Morgan fingerprint density at radius 3 is 2.93 bits per heavy atom. The van der Waals surface area contributed by atoms with Gasteiger partial charge in [-0.2, -0.15) is 0 Å². The monoisotopic (exact) mass is 193 g/mol. The van der Waals surface area contributed by atoms with Crippen LogP contribution < -0.4 is 0 Å². The molecule has 1 aromatic rings. The highest BCUT2D eigenvalue weighted by Crippen LogP contribution is 2.03. The van der Waals surface area contributed by atoms with Crippen LogP contribution in [-0.2, 0) is 17.6 Å². The third-order valence-electron chi connectivity index (χ3n) is 1.85. The van der Waals surface area contributed by atoms with Crippen molar-refractivity contribution in [2.75, 3.05) is 13.7 Å². The summed E-state index contributed by atoms with van der Waals surface area (Å²) < 4.78 is 4.99. The Kier molecular flexibility index (Phi) is 4.53. The fraction of sp³-hybridized carbons (Fsp3) is 0.636. The second-order valence-electron chi connectivity index (χ2n) is 3.75. The van der Waals surface area contributed by atoms with E-state index in [0.717, 1.165) is 24.4 Å². The first kappa shape index (κ1) is 11.1. The fourth-order valence-electron chi connectivity index (χ4n) is 1.20. The predicted octanol–water partition coefficient (Wildman–Crippen LogP) is 1.66. The first-order valence-corrected chi connectivity index (χ1v) is 4.94. The van der Waals surface area contributed by atoms with E-state index in [0.29, 0.717) is 12.5 Å². The lowest BCUT2D eigenvalue weighted by molar-refractivity contribution is 0.201. The molecule has 0 saturated carbocycles. The summed E-state index contributed by atoms with van der Waals surface area (Å²) in [4.78, 5) is 8.54. The second-order valence-corrected chi connectivity index (χ2v) is 3.75. The molecule has 0 amide bonds. The van der Waals surface area contributed by atoms with Gasteiger partial charge in [-0.05, 0) is 12.0 Å². The Bertz CT molecular complexity index is 274. The summed E-state index contributed by atoms with van der Waals surface area (Å²) >= 11 is 0. The van der Waals surface area contributed by atoms with Crippen LogP contribution in [-0.4, -0.2) is 23.7 Å². The number of rotatable bonds is 5. The van der Waals surface area contributed by atoms with Gasteiger partial charge in [0.2, 0.25) is 0 Å². The minimum atomic E-state index is 0.584. The van der Waals surface area contributed by atoms with Crippen molar-refractivity contribution in [3.8, 4) is 0 Å². The molecule has 1 heterocycles. The molecule has 1 radical (unpaired) electrons. The van der Waals surface area contributed by atoms with E-state index in [1.807, 2.05) is 6.07 Å². The van der Waals surface area contributed by atoms with E-state index in [1.165, 1.54) is 0 Å². The van der Waals surface area contributed by atoms with Crippen LogP contribution in [0.3, 0.4) is 0 Å². The van der Waals surface area contributed by atoms with Crippen LogP contribution in [0.15, 0.2) is 6.07 Å². The van der Waals surface area contributed by atoms with Crippen molar-refractivity contribution in [2.45, 2.75) is 26.7 Å². The molecule has 0 aromatic carbocycles. The van der Waals surface area contributed by atoms with E-state index in [-0.39, 0.29) is 0 Å². The van der Waals surface area contributed by atoms with Crippen LogP contribution in [0.25, 0.3) is 0 Å². The first-order valence-electron chi connectivity index (χ1n) is 4.94. The Balaban J connectivity index is 2.59. The quantitative estimate of drug-likeness (QED) is 0.713. The summed E-state index contributed by atoms with van der Waals surface area (Å²) in [5.74, 6) is 1.47. The molecule has 3 heteroatoms. The van der Waals surface area contributed by atoms with Gasteiger partial charge in [-0.15, -0.1) is 0 Å². The van der Waals surface area contributed by atoms with Gasteiger partial charge < -0.3 is 4.74 Å². The van der Waals surface area contributed by atoms with Crippen LogP contribution in [0.4, 0.5) is 0 Å². The SMILES string of the molecule is COCCc1c[c]nc(CC(C)C)n1. The zero-order valence-electron chi connectivity index (χ0n) is 9.08. The molecule has 0 fully saturated rings. The summed E-state index contributed by atoms with van der Waals surface area (Å²) in [6, 6.07) is 1.82. The maximum Gasteiger partial charge on any atom is 0.129 e. The number of hydrogen-bond acceptors (Lipinski definition) is 3. The van der Waals surface area contributed by atoms with E-state index in [2.05, 4.69) is 30.0 Å². The molecule has 77 valence electrons. The molecule has 3 nitrogen and oxygen atoms in total. The van der Waals surface area contributed by atoms with Crippen molar-refractivity contribution in [3.05, 3.63) is 23.8 Å². The molecule has 0 N–H and O–H groups in total. The van der Waals surface area contributed by atoms with E-state index in [9.17, 15) is 0 Å². The molecular formula is C11H17N2O. The molecule has 14 heavy (non-hydrogen) atoms. The zero-order valence-corrected chi connectivity index (χ0v) is 9.08. The molecule has 0 bridgehead atoms. The smallest absolute Gasteiger partial charge is 0.129 e. The van der Waals surface area contributed by atoms with Gasteiger partial charge >= 0.3 is 0 Å². The number of methoxy groups -OCH3 is 1. The Morgan fingerprint density at radius 2 is 2.29 bits per heavy atom. The van der Waals surface area contributed by atoms with E-state index < -0.39 is 0 Å². The Labute approximate surface area is 85.5 Å². The van der Waals surface area contributed by atoms with Crippen LogP contribution in [0, 0.1) is 12.1 Å². The van der Waals surface area contributed by atoms with Crippen molar-refractivity contribution in [1.29, 1.82) is 0 Å². The zero-order chi connectivity index (χ0) is 10.4. The van der Waals surface area contributed by atoms with Crippen molar-refractivity contribution in [2.24, 2.45) is 5.92 Å². The molecule has 0 aliphatic rings. The van der Waals surface area contributed by atoms with E-state index in [1.54, 1.807) is 7.11 Å². The Morgan fingerprint density at radius 1 is 1.50 bits per heavy atom. The Hall–Kier alpha value is -0.960. The number of hydrogen-bond donors (Lipinski definition) is 0. The van der Waals surface area contributed by atoms with Crippen LogP contribution in [0.5, 0.6) is 0 Å². The summed E-state index contributed by atoms with van der Waals surface area (Å²) in [7, 11) is 1.69. The largest absolute Gasteiger partial charge is 0.384 e. The first-order chi connectivity index (χ1) is 6.72. The van der Waals surface area contributed by atoms with Crippen LogP contribution in [0.2, 0.25) is 0 Å². The molecule has 0 aliphatic heterocycles. The second kappa shape index (κ2) is 5.70. The lowest BCUT2D eigenvalue weighted by Gasteiger charge is -2.04. The van der Waals surface area contributed by atoms with Gasteiger partial charge in [-0.25, -0.2) is 9.97 Å². The lowest BCUT2D eigenvalue weighted by Crippen LogP contribution is -2.05. The highest BCUT2D eigenvalue weighted by atomic mass is 16.5. The normalized spacial score (nSPS) is 10.9. The maximum atomic E-state index is 4.99. The highest BCUT2D eigenvalue weighted by Gasteiger charge is 2.02. The van der Waals surface area contributed by atoms with Crippen molar-refractivity contribution >= 4 is 0 Å². The molecule has 1 rings (SSSR count). The molecule has 0 aliphatic carbocycles. The number of aromatic nitrogens is 2. The van der Waals surface area contributed by atoms with E-state index >= 15 is 0 Å². The molecule has 0 unspecified atom stereocenters. The lowest BCUT2D eigenvalue weighted by atomic mass is 10.1. The standard InChI is InChI=1S/C11H17N2O/c1-9(2)8-11-12-6-4-10(13-11)5-7-14-3/h4,9H,5,7-8H2,1-3H3. The molecular weight excluding hydrogens is 176 g/mol. The van der Waals surface area contributed by atoms with Gasteiger partial charge in [-0.3, -0.25) is 0 Å². The van der Waals surface area contributed by atoms with Crippen molar-refractivity contribution in [3.63, 3.8) is 0 Å². The number of ether oxygens (including phenoxy) is 1. The molecule has 0 atom stereocenters. The minimum absolute atomic E-state index is 0.584. The minimum Gasteiger partial charge on any atom is -0.384 e. The maximum absolute atomic E-state index is 4.99. The summed E-state index contributed by atoms with van der Waals surface area (Å²) in [5.41, 5.74) is 1.01. The van der Waals surface area contributed by atoms with Crippen LogP contribution >= 0.6 is 0 Å². The summed E-state index contributed by atoms with van der Waals surface area (Å²) in [6.45, 7) is 5.02. The number of nitrogens with zero attached hydrogens (tertiary/aromatic N) is 2. The average Bonchev–Trinajstić information content (AvgIpc) is 2.14. The molecule has 0 spiro atoms. The summed E-state index contributed by atoms with van der Waals surface area (Å²) in [6.07, 6.45) is 4.62. The van der Waals surface area contributed by atoms with Crippen molar-refractivity contribution < 1.29 is 4.74 Å². The average molecular weight is 193 g/mol. The van der Waals surface area contributed by atoms with Gasteiger partial charge in [0.05, 0.1) is 12.8 Å². The summed E-state index contributed by atoms with van der Waals surface area (Å²) in [5, 5.41) is 0. The third-order valence-corrected chi connectivity index (χ3v) is 1.85. The van der Waals surface area contributed by atoms with Crippen LogP contribution in [0.1, 0.15) is 25.4 Å². The van der Waals surface area contributed by atoms with Gasteiger partial charge in [0.1, 0.15) is 5.82 Å². The van der Waals surface area contributed by atoms with E-state index in [4.69, 9.17) is 4.74 Å². The highest BCUT2D eigenvalue weighted by molar-refractivity contribution is 5.02. The predicted molar refractivity (Wildman–Crippen MR) is 55.0 cm³/mol. The van der Waals surface area contributed by atoms with Crippen molar-refractivity contribution in [1.82, 2.24) is 9.97 Å². The van der Waals surface area contributed by atoms with Gasteiger partial charge in [-0.1, -0.05) is 13.8 Å².